The van der Waals surface area contributed by atoms with E-state index in [4.69, 9.17) is 9.47 Å². The maximum Gasteiger partial charge on any atom is 0.357 e. The smallest absolute Gasteiger partial charge is 0.357 e. The van der Waals surface area contributed by atoms with Crippen molar-refractivity contribution >= 4 is 17.3 Å². The number of morpholine rings is 1. The molecule has 1 aliphatic rings. The Morgan fingerprint density at radius 1 is 1.42 bits per heavy atom. The molecule has 1 atom stereocenters. The third-order valence-corrected chi connectivity index (χ3v) is 4.97. The van der Waals surface area contributed by atoms with Gasteiger partial charge in [0.1, 0.15) is 5.01 Å². The van der Waals surface area contributed by atoms with E-state index in [-0.39, 0.29) is 5.97 Å². The summed E-state index contributed by atoms with van der Waals surface area (Å²) in [5.74, 6) is -0.363. The Hall–Kier alpha value is -1.76. The summed E-state index contributed by atoms with van der Waals surface area (Å²) in [7, 11) is 0. The van der Waals surface area contributed by atoms with Crippen LogP contribution >= 0.6 is 11.3 Å². The van der Waals surface area contributed by atoms with Crippen molar-refractivity contribution in [2.24, 2.45) is 0 Å². The standard InChI is InChI=1S/C18H22N2O3S/c1-3-23-18(21)16-12-24-17(19-16)15-6-4-14(5-7-15)10-20-8-9-22-11-13(20)2/h4-7,12-13H,3,8-11H2,1-2H3/t13-/m0/s1. The Labute approximate surface area is 146 Å². The van der Waals surface area contributed by atoms with E-state index in [1.165, 1.54) is 16.9 Å². The second-order valence-corrected chi connectivity index (χ2v) is 6.71. The van der Waals surface area contributed by atoms with Crippen molar-refractivity contribution in [3.05, 3.63) is 40.9 Å². The molecular formula is C18H22N2O3S. The van der Waals surface area contributed by atoms with Gasteiger partial charge < -0.3 is 9.47 Å². The Morgan fingerprint density at radius 3 is 2.92 bits per heavy atom. The molecule has 0 bridgehead atoms. The number of rotatable bonds is 5. The fraction of sp³-hybridized carbons (Fsp3) is 0.444. The highest BCUT2D eigenvalue weighted by molar-refractivity contribution is 7.13. The maximum absolute atomic E-state index is 11.7. The number of esters is 1. The minimum atomic E-state index is -0.363. The molecule has 3 rings (SSSR count). The summed E-state index contributed by atoms with van der Waals surface area (Å²) in [5.41, 5.74) is 2.67. The van der Waals surface area contributed by atoms with Crippen molar-refractivity contribution in [2.45, 2.75) is 26.4 Å². The van der Waals surface area contributed by atoms with Gasteiger partial charge >= 0.3 is 5.97 Å². The maximum atomic E-state index is 11.7. The number of carbonyl (C=O) groups is 1. The van der Waals surface area contributed by atoms with E-state index in [2.05, 4.69) is 41.1 Å². The van der Waals surface area contributed by atoms with Gasteiger partial charge in [0.05, 0.1) is 19.8 Å². The lowest BCUT2D eigenvalue weighted by atomic mass is 10.1. The quantitative estimate of drug-likeness (QED) is 0.778. The average molecular weight is 346 g/mol. The lowest BCUT2D eigenvalue weighted by Crippen LogP contribution is -2.42. The van der Waals surface area contributed by atoms with Crippen LogP contribution in [0.5, 0.6) is 0 Å². The molecule has 0 aliphatic carbocycles. The third kappa shape index (κ3) is 4.01. The van der Waals surface area contributed by atoms with E-state index in [0.717, 1.165) is 36.9 Å². The van der Waals surface area contributed by atoms with E-state index < -0.39 is 0 Å². The number of hydrogen-bond acceptors (Lipinski definition) is 6. The normalized spacial score (nSPS) is 18.5. The van der Waals surface area contributed by atoms with Crippen molar-refractivity contribution in [3.8, 4) is 10.6 Å². The minimum Gasteiger partial charge on any atom is -0.461 e. The molecule has 24 heavy (non-hydrogen) atoms. The molecule has 2 aromatic rings. The number of nitrogens with zero attached hydrogens (tertiary/aromatic N) is 2. The first kappa shape index (κ1) is 17.1. The van der Waals surface area contributed by atoms with Crippen LogP contribution in [-0.4, -0.2) is 48.3 Å². The van der Waals surface area contributed by atoms with E-state index >= 15 is 0 Å². The first-order chi connectivity index (χ1) is 11.7. The van der Waals surface area contributed by atoms with Crippen molar-refractivity contribution in [2.75, 3.05) is 26.4 Å². The van der Waals surface area contributed by atoms with Gasteiger partial charge in [-0.25, -0.2) is 9.78 Å². The molecule has 5 nitrogen and oxygen atoms in total. The molecule has 0 amide bonds. The molecule has 1 saturated heterocycles. The van der Waals surface area contributed by atoms with E-state index in [0.29, 0.717) is 18.3 Å². The molecule has 2 heterocycles. The Morgan fingerprint density at radius 2 is 2.21 bits per heavy atom. The van der Waals surface area contributed by atoms with Crippen LogP contribution in [0.15, 0.2) is 29.6 Å². The van der Waals surface area contributed by atoms with Crippen molar-refractivity contribution in [1.29, 1.82) is 0 Å². The number of hydrogen-bond donors (Lipinski definition) is 0. The van der Waals surface area contributed by atoms with E-state index in [1.807, 2.05) is 0 Å². The zero-order valence-corrected chi connectivity index (χ0v) is 14.8. The number of aromatic nitrogens is 1. The third-order valence-electron chi connectivity index (χ3n) is 4.08. The summed E-state index contributed by atoms with van der Waals surface area (Å²) in [6.45, 7) is 7.85. The van der Waals surface area contributed by atoms with Gasteiger partial charge in [-0.05, 0) is 19.4 Å². The fourth-order valence-corrected chi connectivity index (χ4v) is 3.48. The summed E-state index contributed by atoms with van der Waals surface area (Å²) < 4.78 is 10.5. The van der Waals surface area contributed by atoms with Crippen LogP contribution in [0.4, 0.5) is 0 Å². The van der Waals surface area contributed by atoms with Crippen LogP contribution in [0, 0.1) is 0 Å². The van der Waals surface area contributed by atoms with E-state index in [1.54, 1.807) is 12.3 Å². The minimum absolute atomic E-state index is 0.361. The van der Waals surface area contributed by atoms with Crippen molar-refractivity contribution < 1.29 is 14.3 Å². The van der Waals surface area contributed by atoms with Gasteiger partial charge in [0.25, 0.3) is 0 Å². The molecule has 1 fully saturated rings. The summed E-state index contributed by atoms with van der Waals surface area (Å²) >= 11 is 1.46. The zero-order chi connectivity index (χ0) is 16.9. The van der Waals surface area contributed by atoms with Gasteiger partial charge in [0.2, 0.25) is 0 Å². The van der Waals surface area contributed by atoms with Gasteiger partial charge in [-0.2, -0.15) is 0 Å². The Bertz CT molecular complexity index is 684. The van der Waals surface area contributed by atoms with Crippen molar-refractivity contribution in [1.82, 2.24) is 9.88 Å². The SMILES string of the molecule is CCOC(=O)c1csc(-c2ccc(CN3CCOC[C@@H]3C)cc2)n1. The van der Waals surface area contributed by atoms with Crippen LogP contribution in [0.2, 0.25) is 0 Å². The average Bonchev–Trinajstić information content (AvgIpc) is 3.08. The Balaban J connectivity index is 1.67. The molecule has 6 heteroatoms. The molecule has 128 valence electrons. The van der Waals surface area contributed by atoms with Crippen LogP contribution in [0.1, 0.15) is 29.9 Å². The molecule has 1 aromatic carbocycles. The lowest BCUT2D eigenvalue weighted by molar-refractivity contribution is -0.00436. The largest absolute Gasteiger partial charge is 0.461 e. The lowest BCUT2D eigenvalue weighted by Gasteiger charge is -2.33. The summed E-state index contributed by atoms with van der Waals surface area (Å²) in [4.78, 5) is 18.5. The second-order valence-electron chi connectivity index (χ2n) is 5.85. The number of benzene rings is 1. The van der Waals surface area contributed by atoms with Gasteiger partial charge in [0.15, 0.2) is 5.69 Å². The molecule has 1 aromatic heterocycles. The molecule has 0 spiro atoms. The van der Waals surface area contributed by atoms with Crippen LogP contribution in [0.25, 0.3) is 10.6 Å². The highest BCUT2D eigenvalue weighted by atomic mass is 32.1. The van der Waals surface area contributed by atoms with Gasteiger partial charge in [-0.15, -0.1) is 11.3 Å². The van der Waals surface area contributed by atoms with Crippen molar-refractivity contribution in [3.63, 3.8) is 0 Å². The Kier molecular flexibility index (Phi) is 5.60. The summed E-state index contributed by atoms with van der Waals surface area (Å²) in [5, 5.41) is 2.58. The van der Waals surface area contributed by atoms with Crippen LogP contribution in [-0.2, 0) is 16.0 Å². The molecular weight excluding hydrogens is 324 g/mol. The molecule has 0 radical (unpaired) electrons. The van der Waals surface area contributed by atoms with Crippen LogP contribution < -0.4 is 0 Å². The first-order valence-electron chi connectivity index (χ1n) is 8.21. The predicted molar refractivity (Wildman–Crippen MR) is 94.2 cm³/mol. The molecule has 0 N–H and O–H groups in total. The predicted octanol–water partition coefficient (Wildman–Crippen LogP) is 3.21. The first-order valence-corrected chi connectivity index (χ1v) is 9.09. The van der Waals surface area contributed by atoms with E-state index in [9.17, 15) is 4.79 Å². The number of carbonyl (C=O) groups excluding carboxylic acids is 1. The summed E-state index contributed by atoms with van der Waals surface area (Å²) in [6, 6.07) is 8.83. The molecule has 1 aliphatic heterocycles. The highest BCUT2D eigenvalue weighted by Gasteiger charge is 2.18. The number of thiazole rings is 1. The van der Waals surface area contributed by atoms with Gasteiger partial charge in [-0.3, -0.25) is 4.90 Å². The fourth-order valence-electron chi connectivity index (χ4n) is 2.69. The monoisotopic (exact) mass is 346 g/mol. The zero-order valence-electron chi connectivity index (χ0n) is 14.0. The molecule has 0 saturated carbocycles. The highest BCUT2D eigenvalue weighted by Crippen LogP contribution is 2.25. The second kappa shape index (κ2) is 7.88. The topological polar surface area (TPSA) is 51.7 Å². The van der Waals surface area contributed by atoms with Gasteiger partial charge in [0, 0.05) is 30.1 Å². The summed E-state index contributed by atoms with van der Waals surface area (Å²) in [6.07, 6.45) is 0. The number of ether oxygens (including phenoxy) is 2. The van der Waals surface area contributed by atoms with Gasteiger partial charge in [-0.1, -0.05) is 24.3 Å². The molecule has 0 unspecified atom stereocenters. The van der Waals surface area contributed by atoms with Crippen LogP contribution in [0.3, 0.4) is 0 Å².